The van der Waals surface area contributed by atoms with Crippen LogP contribution in [0.3, 0.4) is 0 Å². The van der Waals surface area contributed by atoms with Gasteiger partial charge in [0.05, 0.1) is 17.0 Å². The lowest BCUT2D eigenvalue weighted by Crippen LogP contribution is -2.56. The van der Waals surface area contributed by atoms with Gasteiger partial charge < -0.3 is 15.0 Å². The summed E-state index contributed by atoms with van der Waals surface area (Å²) in [4.78, 5) is 14.9. The lowest BCUT2D eigenvalue weighted by molar-refractivity contribution is -0.0149. The lowest BCUT2D eigenvalue weighted by Gasteiger charge is -2.45. The highest BCUT2D eigenvalue weighted by atomic mass is 35.5. The normalized spacial score (nSPS) is 26.1. The highest BCUT2D eigenvalue weighted by molar-refractivity contribution is 7.89. The topological polar surface area (TPSA) is 79.0 Å². The Kier molecular flexibility index (Phi) is 7.21. The number of piperidine rings is 1. The highest BCUT2D eigenvalue weighted by Gasteiger charge is 2.60. The van der Waals surface area contributed by atoms with E-state index in [2.05, 4.69) is 5.32 Å². The van der Waals surface area contributed by atoms with Crippen molar-refractivity contribution < 1.29 is 26.7 Å². The number of hydrogen-bond acceptors (Lipinski definition) is 5. The molecule has 0 spiro atoms. The predicted molar refractivity (Wildman–Crippen MR) is 135 cm³/mol. The smallest absolute Gasteiger partial charge is 0.410 e. The maximum Gasteiger partial charge on any atom is 0.410 e. The van der Waals surface area contributed by atoms with Crippen LogP contribution in [0.15, 0.2) is 47.4 Å². The van der Waals surface area contributed by atoms with Crippen LogP contribution in [0.5, 0.6) is 0 Å². The number of benzene rings is 2. The molecule has 0 bridgehead atoms. The average Bonchev–Trinajstić information content (AvgIpc) is 3.64. The number of carbonyl (C=O) groups excluding carboxylic acids is 1. The summed E-state index contributed by atoms with van der Waals surface area (Å²) in [5.74, 6) is -1.55. The summed E-state index contributed by atoms with van der Waals surface area (Å²) in [6, 6.07) is 7.37. The third-order valence-corrected chi connectivity index (χ3v) is 9.79. The summed E-state index contributed by atoms with van der Waals surface area (Å²) >= 11 is 6.00. The van der Waals surface area contributed by atoms with Gasteiger partial charge >= 0.3 is 6.09 Å². The number of halogens is 3. The minimum atomic E-state index is -4.15. The molecule has 1 saturated carbocycles. The maximum atomic E-state index is 14.2. The maximum absolute atomic E-state index is 14.2. The fourth-order valence-corrected chi connectivity index (χ4v) is 7.63. The first-order valence-corrected chi connectivity index (χ1v) is 14.4. The Morgan fingerprint density at radius 2 is 1.78 bits per heavy atom. The molecule has 2 aromatic carbocycles. The first-order valence-electron chi connectivity index (χ1n) is 12.6. The van der Waals surface area contributed by atoms with Gasteiger partial charge in [0.15, 0.2) is 0 Å². The van der Waals surface area contributed by atoms with Crippen molar-refractivity contribution in [1.29, 1.82) is 0 Å². The molecule has 2 saturated heterocycles. The summed E-state index contributed by atoms with van der Waals surface area (Å²) in [7, 11) is -4.15. The molecule has 2 unspecified atom stereocenters. The van der Waals surface area contributed by atoms with Crippen LogP contribution in [0, 0.1) is 11.6 Å². The molecule has 2 heterocycles. The van der Waals surface area contributed by atoms with E-state index in [1.54, 1.807) is 4.90 Å². The van der Waals surface area contributed by atoms with E-state index in [-0.39, 0.29) is 16.5 Å². The van der Waals surface area contributed by atoms with Crippen LogP contribution in [0.25, 0.3) is 0 Å². The molecule has 0 aromatic heterocycles. The van der Waals surface area contributed by atoms with Crippen LogP contribution in [-0.2, 0) is 14.8 Å². The zero-order valence-electron chi connectivity index (χ0n) is 20.5. The Labute approximate surface area is 220 Å². The number of sulfonamides is 1. The largest absolute Gasteiger partial charge is 0.441 e. The number of nitrogens with one attached hydrogen (secondary N) is 1. The first-order chi connectivity index (χ1) is 17.6. The Morgan fingerprint density at radius 3 is 2.41 bits per heavy atom. The van der Waals surface area contributed by atoms with Gasteiger partial charge in [-0.1, -0.05) is 11.6 Å². The minimum absolute atomic E-state index is 0.0172. The number of hydrogen-bond donors (Lipinski definition) is 1. The predicted octanol–water partition coefficient (Wildman–Crippen LogP) is 4.87. The molecular weight excluding hydrogens is 524 g/mol. The van der Waals surface area contributed by atoms with Crippen LogP contribution in [-0.4, -0.2) is 61.0 Å². The van der Waals surface area contributed by atoms with Gasteiger partial charge in [-0.2, -0.15) is 4.31 Å². The quantitative estimate of drug-likeness (QED) is 0.572. The van der Waals surface area contributed by atoms with Crippen molar-refractivity contribution in [2.24, 2.45) is 0 Å². The Hall–Kier alpha value is -2.27. The number of piperazine rings is 1. The highest BCUT2D eigenvalue weighted by Crippen LogP contribution is 2.52. The van der Waals surface area contributed by atoms with Crippen LogP contribution < -0.4 is 5.32 Å². The van der Waals surface area contributed by atoms with Crippen LogP contribution >= 0.6 is 11.6 Å². The van der Waals surface area contributed by atoms with Crippen LogP contribution in [0.4, 0.5) is 13.6 Å². The molecule has 7 nitrogen and oxygen atoms in total. The van der Waals surface area contributed by atoms with Crippen molar-refractivity contribution in [2.45, 2.75) is 67.6 Å². The Morgan fingerprint density at radius 1 is 1.11 bits per heavy atom. The zero-order valence-corrected chi connectivity index (χ0v) is 22.1. The van der Waals surface area contributed by atoms with Crippen molar-refractivity contribution >= 4 is 27.7 Å². The monoisotopic (exact) mass is 553 g/mol. The third kappa shape index (κ3) is 5.21. The van der Waals surface area contributed by atoms with E-state index >= 15 is 0 Å². The van der Waals surface area contributed by atoms with Gasteiger partial charge in [-0.25, -0.2) is 22.0 Å². The van der Waals surface area contributed by atoms with Crippen molar-refractivity contribution in [1.82, 2.24) is 14.5 Å². The van der Waals surface area contributed by atoms with Gasteiger partial charge in [0, 0.05) is 36.8 Å². The molecule has 3 fully saturated rings. The van der Waals surface area contributed by atoms with Gasteiger partial charge in [-0.15, -0.1) is 0 Å². The second-order valence-corrected chi connectivity index (χ2v) is 12.4. The van der Waals surface area contributed by atoms with Crippen molar-refractivity contribution in [2.75, 3.05) is 19.6 Å². The molecule has 200 valence electrons. The molecule has 5 rings (SSSR count). The molecule has 2 aromatic rings. The molecule has 1 amide bonds. The molecule has 1 N–H and O–H groups in total. The first kappa shape index (κ1) is 26.3. The van der Waals surface area contributed by atoms with Gasteiger partial charge in [0.1, 0.15) is 17.2 Å². The van der Waals surface area contributed by atoms with E-state index in [4.69, 9.17) is 16.3 Å². The van der Waals surface area contributed by atoms with Crippen molar-refractivity contribution in [3.8, 4) is 0 Å². The second-order valence-electron chi connectivity index (χ2n) is 10.1. The van der Waals surface area contributed by atoms with Gasteiger partial charge in [-0.05, 0) is 81.0 Å². The van der Waals surface area contributed by atoms with Crippen LogP contribution in [0.2, 0.25) is 5.02 Å². The van der Waals surface area contributed by atoms with E-state index < -0.39 is 45.4 Å². The minimum Gasteiger partial charge on any atom is -0.441 e. The van der Waals surface area contributed by atoms with E-state index in [1.807, 2.05) is 6.92 Å². The van der Waals surface area contributed by atoms with Gasteiger partial charge in [-0.3, -0.25) is 0 Å². The number of amides is 1. The standard InChI is InChI=1S/C26H30ClF2N3O4S/c1-17-16-30-11-12-31(17)25(33)36-26(9-10-26)24-4-2-3-23(18-13-20(28)15-21(29)14-18)32(24)37(34,35)22-7-5-19(27)6-8-22/h5-8,13-15,17,23-24,30H,2-4,9-12,16H2,1H3/t17-,23?,24?/m0/s1. The SMILES string of the molecule is C[C@H]1CNCCN1C(=O)OC1(C2CCCC(c3cc(F)cc(F)c3)N2S(=O)(=O)c2ccc(Cl)cc2)CC1. The zero-order chi connectivity index (χ0) is 26.4. The second kappa shape index (κ2) is 10.1. The average molecular weight is 554 g/mol. The number of carbonyl (C=O) groups is 1. The third-order valence-electron chi connectivity index (χ3n) is 7.60. The summed E-state index contributed by atoms with van der Waals surface area (Å²) in [5.41, 5.74) is -0.760. The molecule has 37 heavy (non-hydrogen) atoms. The molecule has 0 radical (unpaired) electrons. The number of nitrogens with zero attached hydrogens (tertiary/aromatic N) is 2. The number of ether oxygens (including phenoxy) is 1. The fourth-order valence-electron chi connectivity index (χ4n) is 5.59. The van der Waals surface area contributed by atoms with E-state index in [0.29, 0.717) is 56.8 Å². The summed E-state index contributed by atoms with van der Waals surface area (Å²) in [5, 5.41) is 3.62. The Bertz CT molecular complexity index is 1250. The molecule has 3 atom stereocenters. The van der Waals surface area contributed by atoms with E-state index in [9.17, 15) is 22.0 Å². The molecule has 2 aliphatic heterocycles. The molecule has 3 aliphatic rings. The van der Waals surface area contributed by atoms with Crippen molar-refractivity contribution in [3.05, 3.63) is 64.7 Å². The summed E-state index contributed by atoms with van der Waals surface area (Å²) < 4.78 is 64.1. The van der Waals surface area contributed by atoms with Crippen LogP contribution in [0.1, 0.15) is 50.6 Å². The Balaban J connectivity index is 1.54. The lowest BCUT2D eigenvalue weighted by atomic mass is 9.90. The molecule has 11 heteroatoms. The summed E-state index contributed by atoms with van der Waals surface area (Å²) in [6.07, 6.45) is 2.02. The van der Waals surface area contributed by atoms with Crippen molar-refractivity contribution in [3.63, 3.8) is 0 Å². The van der Waals surface area contributed by atoms with Gasteiger partial charge in [0.2, 0.25) is 10.0 Å². The van der Waals surface area contributed by atoms with E-state index in [1.165, 1.54) is 40.7 Å². The van der Waals surface area contributed by atoms with E-state index in [0.717, 1.165) is 6.07 Å². The summed E-state index contributed by atoms with van der Waals surface area (Å²) in [6.45, 7) is 3.73. The van der Waals surface area contributed by atoms with Gasteiger partial charge in [0.25, 0.3) is 0 Å². The molecular formula is C26H30ClF2N3O4S. The molecule has 1 aliphatic carbocycles. The number of rotatable bonds is 5. The fraction of sp³-hybridized carbons (Fsp3) is 0.500.